The van der Waals surface area contributed by atoms with Crippen LogP contribution in [0.25, 0.3) is 0 Å². The van der Waals surface area contributed by atoms with E-state index in [0.717, 1.165) is 22.4 Å². The first-order valence-electron chi connectivity index (χ1n) is 9.84. The van der Waals surface area contributed by atoms with Gasteiger partial charge in [-0.2, -0.15) is 5.10 Å². The van der Waals surface area contributed by atoms with Crippen LogP contribution in [-0.4, -0.2) is 15.7 Å². The third kappa shape index (κ3) is 5.01. The average Bonchev–Trinajstić information content (AvgIpc) is 3.37. The molecule has 158 valence electrons. The highest BCUT2D eigenvalue weighted by Crippen LogP contribution is 2.24. The van der Waals surface area contributed by atoms with Crippen molar-refractivity contribution in [2.45, 2.75) is 27.0 Å². The van der Waals surface area contributed by atoms with Crippen LogP contribution in [0.15, 0.2) is 71.4 Å². The molecule has 4 rings (SSSR count). The van der Waals surface area contributed by atoms with Crippen LogP contribution in [0.5, 0.6) is 5.75 Å². The maximum Gasteiger partial charge on any atom is 0.291 e. The first-order chi connectivity index (χ1) is 15.0. The van der Waals surface area contributed by atoms with Crippen molar-refractivity contribution < 1.29 is 18.3 Å². The van der Waals surface area contributed by atoms with Crippen molar-refractivity contribution in [3.63, 3.8) is 0 Å². The maximum atomic E-state index is 13.3. The largest absolute Gasteiger partial charge is 0.485 e. The summed E-state index contributed by atoms with van der Waals surface area (Å²) in [5.41, 5.74) is 3.38. The van der Waals surface area contributed by atoms with Crippen LogP contribution in [0.3, 0.4) is 0 Å². The molecule has 0 unspecified atom stereocenters. The molecule has 2 aromatic carbocycles. The monoisotopic (exact) mass is 419 g/mol. The van der Waals surface area contributed by atoms with Gasteiger partial charge in [-0.25, -0.2) is 4.39 Å². The highest BCUT2D eigenvalue weighted by atomic mass is 19.1. The summed E-state index contributed by atoms with van der Waals surface area (Å²) >= 11 is 0. The summed E-state index contributed by atoms with van der Waals surface area (Å²) in [5.74, 6) is 0.861. The number of ether oxygens (including phenoxy) is 1. The Labute approximate surface area is 179 Å². The number of furan rings is 1. The van der Waals surface area contributed by atoms with Crippen molar-refractivity contribution in [1.29, 1.82) is 0 Å². The summed E-state index contributed by atoms with van der Waals surface area (Å²) < 4.78 is 26.4. The Balaban J connectivity index is 1.35. The van der Waals surface area contributed by atoms with E-state index in [1.54, 1.807) is 29.1 Å². The van der Waals surface area contributed by atoms with E-state index in [-0.39, 0.29) is 24.1 Å². The molecule has 0 aliphatic rings. The minimum Gasteiger partial charge on any atom is -0.485 e. The predicted molar refractivity (Wildman–Crippen MR) is 115 cm³/mol. The van der Waals surface area contributed by atoms with Crippen molar-refractivity contribution in [2.75, 3.05) is 5.32 Å². The lowest BCUT2D eigenvalue weighted by atomic mass is 10.1. The van der Waals surface area contributed by atoms with Gasteiger partial charge in [-0.3, -0.25) is 9.48 Å². The normalized spacial score (nSPS) is 10.8. The second-order valence-electron chi connectivity index (χ2n) is 7.29. The zero-order valence-electron chi connectivity index (χ0n) is 17.3. The Hall–Kier alpha value is -3.87. The van der Waals surface area contributed by atoms with Gasteiger partial charge in [-0.05, 0) is 54.8 Å². The van der Waals surface area contributed by atoms with Crippen molar-refractivity contribution >= 4 is 11.6 Å². The molecule has 0 saturated heterocycles. The predicted octanol–water partition coefficient (Wildman–Crippen LogP) is 5.11. The van der Waals surface area contributed by atoms with Gasteiger partial charge in [-0.15, -0.1) is 0 Å². The molecule has 2 heterocycles. The number of nitrogens with one attached hydrogen (secondary N) is 1. The number of amides is 1. The molecule has 2 aromatic heterocycles. The zero-order chi connectivity index (χ0) is 21.8. The fraction of sp³-hybridized carbons (Fsp3) is 0.167. The number of hydrogen-bond acceptors (Lipinski definition) is 4. The van der Waals surface area contributed by atoms with Crippen LogP contribution < -0.4 is 10.1 Å². The highest BCUT2D eigenvalue weighted by molar-refractivity contribution is 6.02. The smallest absolute Gasteiger partial charge is 0.291 e. The van der Waals surface area contributed by atoms with Crippen molar-refractivity contribution in [1.82, 2.24) is 9.78 Å². The molecule has 4 aromatic rings. The number of hydrogen-bond donors (Lipinski definition) is 1. The summed E-state index contributed by atoms with van der Waals surface area (Å²) in [7, 11) is 0. The number of anilines is 1. The molecule has 0 bridgehead atoms. The minimum absolute atomic E-state index is 0.179. The topological polar surface area (TPSA) is 69.3 Å². The first kappa shape index (κ1) is 20.4. The van der Waals surface area contributed by atoms with Crippen LogP contribution in [0.2, 0.25) is 0 Å². The zero-order valence-corrected chi connectivity index (χ0v) is 17.3. The molecule has 0 spiro atoms. The van der Waals surface area contributed by atoms with Crippen molar-refractivity contribution in [3.8, 4) is 5.75 Å². The number of rotatable bonds is 7. The summed E-state index contributed by atoms with van der Waals surface area (Å²) in [6.07, 6.45) is 3.21. The average molecular weight is 419 g/mol. The van der Waals surface area contributed by atoms with Crippen LogP contribution in [0.4, 0.5) is 10.1 Å². The molecule has 0 saturated carbocycles. The third-order valence-electron chi connectivity index (χ3n) is 4.78. The number of nitrogens with zero attached hydrogens (tertiary/aromatic N) is 2. The summed E-state index contributed by atoms with van der Waals surface area (Å²) in [6, 6.07) is 15.6. The van der Waals surface area contributed by atoms with Crippen molar-refractivity contribution in [3.05, 3.63) is 101 Å². The Kier molecular flexibility index (Phi) is 5.84. The van der Waals surface area contributed by atoms with Gasteiger partial charge in [0, 0.05) is 6.20 Å². The van der Waals surface area contributed by atoms with E-state index in [0.29, 0.717) is 18.0 Å². The quantitative estimate of drug-likeness (QED) is 0.452. The summed E-state index contributed by atoms with van der Waals surface area (Å²) in [4.78, 5) is 12.5. The van der Waals surface area contributed by atoms with Gasteiger partial charge < -0.3 is 14.5 Å². The standard InChI is InChI=1S/C24H22FN3O3/c1-16-5-3-6-17(2)23(16)30-15-21-9-10-22(31-21)24(29)27-20-12-26-28(14-20)13-18-7-4-8-19(25)11-18/h3-12,14H,13,15H2,1-2H3,(H,27,29). The molecule has 0 aliphatic carbocycles. The van der Waals surface area contributed by atoms with E-state index in [1.807, 2.05) is 38.1 Å². The number of carbonyl (C=O) groups excluding carboxylic acids is 1. The fourth-order valence-electron chi connectivity index (χ4n) is 3.28. The van der Waals surface area contributed by atoms with E-state index in [2.05, 4.69) is 10.4 Å². The lowest BCUT2D eigenvalue weighted by molar-refractivity contribution is 0.0992. The Bertz CT molecular complexity index is 1190. The second kappa shape index (κ2) is 8.87. The lowest BCUT2D eigenvalue weighted by Crippen LogP contribution is -2.10. The van der Waals surface area contributed by atoms with Crippen LogP contribution >= 0.6 is 0 Å². The fourth-order valence-corrected chi connectivity index (χ4v) is 3.28. The van der Waals surface area contributed by atoms with E-state index in [1.165, 1.54) is 18.3 Å². The number of benzene rings is 2. The molecule has 6 nitrogen and oxygen atoms in total. The molecule has 7 heteroatoms. The van der Waals surface area contributed by atoms with Crippen molar-refractivity contribution in [2.24, 2.45) is 0 Å². The summed E-state index contributed by atoms with van der Waals surface area (Å²) in [5, 5.41) is 6.95. The Morgan fingerprint density at radius 3 is 2.68 bits per heavy atom. The molecular formula is C24H22FN3O3. The molecule has 1 amide bonds. The van der Waals surface area contributed by atoms with Crippen LogP contribution in [0, 0.1) is 19.7 Å². The number of carbonyl (C=O) groups is 1. The molecule has 0 fully saturated rings. The summed E-state index contributed by atoms with van der Waals surface area (Å²) in [6.45, 7) is 4.59. The molecular weight excluding hydrogens is 397 g/mol. The Morgan fingerprint density at radius 1 is 1.13 bits per heavy atom. The van der Waals surface area contributed by atoms with Gasteiger partial charge in [0.25, 0.3) is 5.91 Å². The van der Waals surface area contributed by atoms with E-state index < -0.39 is 0 Å². The number of para-hydroxylation sites is 1. The number of aromatic nitrogens is 2. The number of halogens is 1. The highest BCUT2D eigenvalue weighted by Gasteiger charge is 2.14. The van der Waals surface area contributed by atoms with Gasteiger partial charge >= 0.3 is 0 Å². The third-order valence-corrected chi connectivity index (χ3v) is 4.78. The number of aryl methyl sites for hydroxylation is 2. The van der Waals surface area contributed by atoms with Crippen LogP contribution in [0.1, 0.15) is 33.0 Å². The second-order valence-corrected chi connectivity index (χ2v) is 7.29. The Morgan fingerprint density at radius 2 is 1.90 bits per heavy atom. The van der Waals surface area contributed by atoms with Gasteiger partial charge in [0.05, 0.1) is 18.4 Å². The van der Waals surface area contributed by atoms with Crippen LogP contribution in [-0.2, 0) is 13.2 Å². The van der Waals surface area contributed by atoms with E-state index >= 15 is 0 Å². The minimum atomic E-state index is -0.386. The maximum absolute atomic E-state index is 13.3. The SMILES string of the molecule is Cc1cccc(C)c1OCc1ccc(C(=O)Nc2cnn(Cc3cccc(F)c3)c2)o1. The van der Waals surface area contributed by atoms with Gasteiger partial charge in [-0.1, -0.05) is 30.3 Å². The van der Waals surface area contributed by atoms with Gasteiger partial charge in [0.2, 0.25) is 0 Å². The lowest BCUT2D eigenvalue weighted by Gasteiger charge is -2.10. The van der Waals surface area contributed by atoms with Gasteiger partial charge in [0.1, 0.15) is 23.9 Å². The molecule has 0 aliphatic heterocycles. The van der Waals surface area contributed by atoms with E-state index in [4.69, 9.17) is 9.15 Å². The molecule has 31 heavy (non-hydrogen) atoms. The van der Waals surface area contributed by atoms with E-state index in [9.17, 15) is 9.18 Å². The molecule has 0 atom stereocenters. The van der Waals surface area contributed by atoms with Gasteiger partial charge in [0.15, 0.2) is 5.76 Å². The molecule has 1 N–H and O–H groups in total. The first-order valence-corrected chi connectivity index (χ1v) is 9.84. The molecule has 0 radical (unpaired) electrons.